The van der Waals surface area contributed by atoms with E-state index in [0.29, 0.717) is 6.54 Å². The Labute approximate surface area is 119 Å². The lowest BCUT2D eigenvalue weighted by Gasteiger charge is -2.12. The number of carbonyl (C=O) groups excluding carboxylic acids is 1. The number of carbonyl (C=O) groups is 1. The van der Waals surface area contributed by atoms with E-state index >= 15 is 0 Å². The Morgan fingerprint density at radius 2 is 2.10 bits per heavy atom. The number of nitrogens with one attached hydrogen (secondary N) is 1. The van der Waals surface area contributed by atoms with Gasteiger partial charge in [-0.1, -0.05) is 32.0 Å². The lowest BCUT2D eigenvalue weighted by molar-refractivity contribution is -0.124. The van der Waals surface area contributed by atoms with Gasteiger partial charge in [-0.2, -0.15) is 5.26 Å². The summed E-state index contributed by atoms with van der Waals surface area (Å²) in [5.74, 6) is -0.770. The topological polar surface area (TPSA) is 57.8 Å². The van der Waals surface area contributed by atoms with Crippen molar-refractivity contribution in [3.05, 3.63) is 36.0 Å². The van der Waals surface area contributed by atoms with Gasteiger partial charge >= 0.3 is 0 Å². The average Bonchev–Trinajstić information content (AvgIpc) is 2.74. The smallest absolute Gasteiger partial charge is 0.237 e. The van der Waals surface area contributed by atoms with E-state index in [9.17, 15) is 4.79 Å². The fourth-order valence-corrected chi connectivity index (χ4v) is 2.37. The third kappa shape index (κ3) is 2.67. The second-order valence-corrected chi connectivity index (χ2v) is 5.35. The fourth-order valence-electron chi connectivity index (χ4n) is 2.37. The van der Waals surface area contributed by atoms with Crippen LogP contribution in [0.1, 0.15) is 19.4 Å². The molecule has 2 rings (SSSR count). The zero-order valence-electron chi connectivity index (χ0n) is 12.1. The molecule has 1 N–H and O–H groups in total. The number of nitriles is 1. The number of para-hydroxylation sites is 1. The zero-order valence-corrected chi connectivity index (χ0v) is 12.1. The van der Waals surface area contributed by atoms with E-state index in [1.807, 2.05) is 55.9 Å². The Balaban J connectivity index is 2.14. The lowest BCUT2D eigenvalue weighted by atomic mass is 9.96. The summed E-state index contributed by atoms with van der Waals surface area (Å²) in [5, 5.41) is 13.0. The number of nitrogens with zero attached hydrogens (tertiary/aromatic N) is 2. The Hall–Kier alpha value is -2.28. The van der Waals surface area contributed by atoms with Gasteiger partial charge in [0.2, 0.25) is 5.91 Å². The third-order valence-corrected chi connectivity index (χ3v) is 3.52. The van der Waals surface area contributed by atoms with Crippen LogP contribution in [0.15, 0.2) is 30.5 Å². The van der Waals surface area contributed by atoms with Crippen molar-refractivity contribution in [2.75, 3.05) is 0 Å². The summed E-state index contributed by atoms with van der Waals surface area (Å²) in [6, 6.07) is 10.1. The van der Waals surface area contributed by atoms with Crippen molar-refractivity contribution in [3.8, 4) is 6.07 Å². The maximum atomic E-state index is 12.0. The normalized spacial score (nSPS) is 12.3. The van der Waals surface area contributed by atoms with Crippen LogP contribution in [0.5, 0.6) is 0 Å². The fraction of sp³-hybridized carbons (Fsp3) is 0.375. The molecule has 0 saturated heterocycles. The summed E-state index contributed by atoms with van der Waals surface area (Å²) in [6.07, 6.45) is 2.02. The molecule has 0 aliphatic heterocycles. The molecule has 1 aromatic heterocycles. The number of hydrogen-bond donors (Lipinski definition) is 1. The van der Waals surface area contributed by atoms with Gasteiger partial charge in [-0.05, 0) is 17.5 Å². The molecule has 0 fully saturated rings. The van der Waals surface area contributed by atoms with Crippen LogP contribution in [0.4, 0.5) is 0 Å². The number of fused-ring (bicyclic) bond motifs is 1. The highest BCUT2D eigenvalue weighted by Crippen LogP contribution is 2.20. The molecule has 1 amide bonds. The third-order valence-electron chi connectivity index (χ3n) is 3.52. The quantitative estimate of drug-likeness (QED) is 0.927. The number of benzene rings is 1. The van der Waals surface area contributed by atoms with Gasteiger partial charge in [-0.3, -0.25) is 4.79 Å². The highest BCUT2D eigenvalue weighted by Gasteiger charge is 2.21. The van der Waals surface area contributed by atoms with E-state index in [2.05, 4.69) is 11.4 Å². The van der Waals surface area contributed by atoms with Crippen molar-refractivity contribution in [1.29, 1.82) is 5.26 Å². The van der Waals surface area contributed by atoms with Gasteiger partial charge in [0.05, 0.1) is 6.07 Å². The van der Waals surface area contributed by atoms with Gasteiger partial charge in [-0.15, -0.1) is 0 Å². The predicted molar refractivity (Wildman–Crippen MR) is 78.7 cm³/mol. The van der Waals surface area contributed by atoms with Crippen LogP contribution >= 0.6 is 0 Å². The van der Waals surface area contributed by atoms with Gasteiger partial charge in [0, 0.05) is 30.7 Å². The Morgan fingerprint density at radius 3 is 2.75 bits per heavy atom. The van der Waals surface area contributed by atoms with Crippen molar-refractivity contribution in [1.82, 2.24) is 9.88 Å². The maximum absolute atomic E-state index is 12.0. The Kier molecular flexibility index (Phi) is 4.09. The molecule has 0 aliphatic rings. The highest BCUT2D eigenvalue weighted by molar-refractivity contribution is 5.85. The number of amides is 1. The molecule has 20 heavy (non-hydrogen) atoms. The molecular weight excluding hydrogens is 250 g/mol. The van der Waals surface area contributed by atoms with Crippen LogP contribution in [0.2, 0.25) is 0 Å². The summed E-state index contributed by atoms with van der Waals surface area (Å²) in [7, 11) is 1.99. The molecule has 0 saturated carbocycles. The van der Waals surface area contributed by atoms with E-state index in [1.54, 1.807) is 0 Å². The number of aryl methyl sites for hydroxylation is 1. The minimum absolute atomic E-state index is 0.0208. The molecule has 0 spiro atoms. The molecule has 2 aromatic rings. The Morgan fingerprint density at radius 1 is 1.40 bits per heavy atom. The van der Waals surface area contributed by atoms with Gasteiger partial charge in [0.1, 0.15) is 5.92 Å². The van der Waals surface area contributed by atoms with E-state index in [0.717, 1.165) is 16.5 Å². The predicted octanol–water partition coefficient (Wildman–Crippen LogP) is 2.59. The highest BCUT2D eigenvalue weighted by atomic mass is 16.1. The van der Waals surface area contributed by atoms with Gasteiger partial charge in [0.15, 0.2) is 0 Å². The van der Waals surface area contributed by atoms with Crippen LogP contribution < -0.4 is 5.32 Å². The van der Waals surface area contributed by atoms with Crippen LogP contribution in [0.25, 0.3) is 10.9 Å². The summed E-state index contributed by atoms with van der Waals surface area (Å²) in [6.45, 7) is 4.21. The molecule has 1 atom stereocenters. The van der Waals surface area contributed by atoms with Gasteiger partial charge < -0.3 is 9.88 Å². The summed E-state index contributed by atoms with van der Waals surface area (Å²) in [4.78, 5) is 12.0. The van der Waals surface area contributed by atoms with Crippen LogP contribution in [0, 0.1) is 23.2 Å². The average molecular weight is 269 g/mol. The molecule has 0 bridgehead atoms. The van der Waals surface area contributed by atoms with E-state index in [1.165, 1.54) is 0 Å². The van der Waals surface area contributed by atoms with E-state index in [4.69, 9.17) is 5.26 Å². The maximum Gasteiger partial charge on any atom is 0.237 e. The SMILES string of the molecule is CC(C)C(C#N)C(=O)NCc1cn(C)c2ccccc12. The lowest BCUT2D eigenvalue weighted by Crippen LogP contribution is -2.32. The van der Waals surface area contributed by atoms with E-state index < -0.39 is 5.92 Å². The van der Waals surface area contributed by atoms with Crippen molar-refractivity contribution < 1.29 is 4.79 Å². The van der Waals surface area contributed by atoms with Crippen molar-refractivity contribution in [2.45, 2.75) is 20.4 Å². The van der Waals surface area contributed by atoms with E-state index in [-0.39, 0.29) is 11.8 Å². The molecule has 104 valence electrons. The first-order chi connectivity index (χ1) is 9.54. The van der Waals surface area contributed by atoms with Gasteiger partial charge in [0.25, 0.3) is 0 Å². The summed E-state index contributed by atoms with van der Waals surface area (Å²) < 4.78 is 2.04. The standard InChI is InChI=1S/C16H19N3O/c1-11(2)14(8-17)16(20)18-9-12-10-19(3)15-7-5-4-6-13(12)15/h4-7,10-11,14H,9H2,1-3H3,(H,18,20). The largest absolute Gasteiger partial charge is 0.351 e. The molecule has 4 nitrogen and oxygen atoms in total. The van der Waals surface area contributed by atoms with Gasteiger partial charge in [-0.25, -0.2) is 0 Å². The van der Waals surface area contributed by atoms with Crippen LogP contribution in [-0.4, -0.2) is 10.5 Å². The number of rotatable bonds is 4. The molecule has 1 heterocycles. The molecule has 1 unspecified atom stereocenters. The minimum Gasteiger partial charge on any atom is -0.351 e. The second-order valence-electron chi connectivity index (χ2n) is 5.35. The van der Waals surface area contributed by atoms with Crippen molar-refractivity contribution in [3.63, 3.8) is 0 Å². The first kappa shape index (κ1) is 14.1. The zero-order chi connectivity index (χ0) is 14.7. The number of aromatic nitrogens is 1. The van der Waals surface area contributed by atoms with Crippen molar-refractivity contribution in [2.24, 2.45) is 18.9 Å². The second kappa shape index (κ2) is 5.79. The molecule has 1 aromatic carbocycles. The Bertz CT molecular complexity index is 664. The summed E-state index contributed by atoms with van der Waals surface area (Å²) in [5.41, 5.74) is 2.20. The minimum atomic E-state index is -0.593. The van der Waals surface area contributed by atoms with Crippen molar-refractivity contribution >= 4 is 16.8 Å². The molecule has 4 heteroatoms. The molecule has 0 aliphatic carbocycles. The van der Waals surface area contributed by atoms with Crippen LogP contribution in [0.3, 0.4) is 0 Å². The molecule has 0 radical (unpaired) electrons. The van der Waals surface area contributed by atoms with Crippen LogP contribution in [-0.2, 0) is 18.4 Å². The summed E-state index contributed by atoms with van der Waals surface area (Å²) >= 11 is 0. The first-order valence-electron chi connectivity index (χ1n) is 6.75. The number of hydrogen-bond acceptors (Lipinski definition) is 2. The molecular formula is C16H19N3O. The first-order valence-corrected chi connectivity index (χ1v) is 6.75. The monoisotopic (exact) mass is 269 g/mol.